The number of ether oxygens (including phenoxy) is 2. The molecule has 0 bridgehead atoms. The van der Waals surface area contributed by atoms with Gasteiger partial charge in [0.15, 0.2) is 0 Å². The van der Waals surface area contributed by atoms with Gasteiger partial charge in [0.2, 0.25) is 0 Å². The molecule has 9 nitrogen and oxygen atoms in total. The Bertz CT molecular complexity index is 540. The van der Waals surface area contributed by atoms with Crippen LogP contribution >= 0.6 is 7.82 Å². The Balaban J connectivity index is -0.00000544. The van der Waals surface area contributed by atoms with Gasteiger partial charge in [-0.2, -0.15) is 0 Å². The molecule has 0 fully saturated rings. The van der Waals surface area contributed by atoms with Crippen LogP contribution in [0.1, 0.15) is 110 Å². The van der Waals surface area contributed by atoms with Gasteiger partial charge in [-0.1, -0.05) is 84.0 Å². The van der Waals surface area contributed by atoms with E-state index in [2.05, 4.69) is 21.5 Å². The molecule has 12 heteroatoms. The molecule has 36 heavy (non-hydrogen) atoms. The van der Waals surface area contributed by atoms with Crippen molar-refractivity contribution in [3.63, 3.8) is 0 Å². The number of nitrogens with one attached hydrogen (secondary N) is 1. The van der Waals surface area contributed by atoms with E-state index in [1.807, 2.05) is 0 Å². The first kappa shape index (κ1) is 41.5. The molecule has 0 saturated heterocycles. The molecule has 0 rings (SSSR count). The average molecular weight is 554 g/mol. The maximum atomic E-state index is 12.1. The largest absolute Gasteiger partial charge is 1.00 e. The number of hydrogen-bond acceptors (Lipinski definition) is 9. The summed E-state index contributed by atoms with van der Waals surface area (Å²) in [5, 5.41) is 3.12. The number of carbonyl (C=O) groups is 2. The first-order valence-electron chi connectivity index (χ1n) is 13.0. The molecule has 0 radical (unpaired) electrons. The van der Waals surface area contributed by atoms with Crippen LogP contribution in [-0.4, -0.2) is 44.8 Å². The third kappa shape index (κ3) is 33.0. The van der Waals surface area contributed by atoms with E-state index in [1.54, 1.807) is 0 Å². The fraction of sp³-hybridized carbons (Fsp3) is 0.917. The van der Waals surface area contributed by atoms with Gasteiger partial charge in [-0.3, -0.25) is 9.59 Å². The Morgan fingerprint density at radius 1 is 0.861 bits per heavy atom. The Morgan fingerprint density at radius 2 is 1.39 bits per heavy atom. The molecule has 0 heterocycles. The van der Waals surface area contributed by atoms with Gasteiger partial charge in [0, 0.05) is 13.0 Å². The molecule has 202 valence electrons. The Morgan fingerprint density at radius 3 is 1.94 bits per heavy atom. The molecular formula is C24H46NNa2O8P. The predicted molar refractivity (Wildman–Crippen MR) is 128 cm³/mol. The van der Waals surface area contributed by atoms with Gasteiger partial charge in [-0.25, -0.2) is 0 Å². The van der Waals surface area contributed by atoms with E-state index in [0.29, 0.717) is 19.6 Å². The van der Waals surface area contributed by atoms with Gasteiger partial charge in [0.25, 0.3) is 6.47 Å². The van der Waals surface area contributed by atoms with Crippen LogP contribution in [0.3, 0.4) is 0 Å². The summed E-state index contributed by atoms with van der Waals surface area (Å²) in [6.07, 6.45) is 15.8. The van der Waals surface area contributed by atoms with Crippen LogP contribution in [0.5, 0.6) is 0 Å². The van der Waals surface area contributed by atoms with Crippen molar-refractivity contribution < 1.29 is 97.1 Å². The minimum Gasteiger partial charge on any atom is -0.790 e. The molecule has 1 atom stereocenters. The smallest absolute Gasteiger partial charge is 0.790 e. The maximum absolute atomic E-state index is 12.1. The molecule has 0 saturated carbocycles. The molecule has 0 aromatic heterocycles. The minimum atomic E-state index is -5.13. The van der Waals surface area contributed by atoms with Gasteiger partial charge in [-0.15, -0.1) is 0 Å². The monoisotopic (exact) mass is 553 g/mol. The van der Waals surface area contributed by atoms with Gasteiger partial charge in [0.1, 0.15) is 6.10 Å². The first-order chi connectivity index (χ1) is 16.4. The van der Waals surface area contributed by atoms with E-state index in [-0.39, 0.29) is 72.1 Å². The van der Waals surface area contributed by atoms with E-state index in [1.165, 1.54) is 44.9 Å². The summed E-state index contributed by atoms with van der Waals surface area (Å²) in [4.78, 5) is 43.8. The number of phosphoric acid groups is 1. The summed E-state index contributed by atoms with van der Waals surface area (Å²) < 4.78 is 25.1. The molecule has 0 aromatic rings. The van der Waals surface area contributed by atoms with E-state index >= 15 is 0 Å². The minimum absolute atomic E-state index is 0. The molecule has 1 N–H and O–H groups in total. The van der Waals surface area contributed by atoms with E-state index < -0.39 is 26.5 Å². The van der Waals surface area contributed by atoms with Crippen LogP contribution in [0.15, 0.2) is 0 Å². The zero-order valence-corrected chi connectivity index (χ0v) is 27.9. The molecule has 0 unspecified atom stereocenters. The zero-order chi connectivity index (χ0) is 25.3. The standard InChI is InChI=1S/C24H48NO8P.2Na/c1-2-3-4-5-6-7-8-9-11-14-17-24(27)33-23(21-32-34(28,29)30)20-25-18-15-12-10-13-16-19-31-22-26;;/h22-23,25H,2-21H2,1H3,(H2,28,29,30);;/q;2*+1/p-2/t23-;;/m0../s1. The van der Waals surface area contributed by atoms with Crippen LogP contribution < -0.4 is 74.2 Å². The quantitative estimate of drug-likeness (QED) is 0.0415. The van der Waals surface area contributed by atoms with E-state index in [0.717, 1.165) is 51.4 Å². The summed E-state index contributed by atoms with van der Waals surface area (Å²) >= 11 is 0. The fourth-order valence-corrected chi connectivity index (χ4v) is 3.94. The van der Waals surface area contributed by atoms with Crippen molar-refractivity contribution in [3.05, 3.63) is 0 Å². The Labute approximate surface area is 262 Å². The van der Waals surface area contributed by atoms with Crippen molar-refractivity contribution in [1.82, 2.24) is 5.32 Å². The van der Waals surface area contributed by atoms with Crippen molar-refractivity contribution in [3.8, 4) is 0 Å². The second-order valence-electron chi connectivity index (χ2n) is 8.73. The van der Waals surface area contributed by atoms with Gasteiger partial charge in [0.05, 0.1) is 21.0 Å². The van der Waals surface area contributed by atoms with Crippen LogP contribution in [0.4, 0.5) is 0 Å². The van der Waals surface area contributed by atoms with Crippen LogP contribution in [0.2, 0.25) is 0 Å². The van der Waals surface area contributed by atoms with Crippen LogP contribution in [0.25, 0.3) is 0 Å². The van der Waals surface area contributed by atoms with Gasteiger partial charge >= 0.3 is 65.1 Å². The van der Waals surface area contributed by atoms with Gasteiger partial charge in [-0.05, 0) is 25.8 Å². The molecule has 0 amide bonds. The molecule has 0 spiro atoms. The number of rotatable bonds is 26. The SMILES string of the molecule is CCCCCCCCCCCCC(=O)O[C@@H](CNCCCCCCCOC=O)COP(=O)([O-])[O-].[Na+].[Na+]. The van der Waals surface area contributed by atoms with E-state index in [9.17, 15) is 23.9 Å². The summed E-state index contributed by atoms with van der Waals surface area (Å²) in [5.74, 6) is -0.404. The zero-order valence-electron chi connectivity index (χ0n) is 23.0. The van der Waals surface area contributed by atoms with Crippen molar-refractivity contribution in [2.45, 2.75) is 116 Å². The molecular weight excluding hydrogens is 507 g/mol. The first-order valence-corrected chi connectivity index (χ1v) is 14.5. The fourth-order valence-electron chi connectivity index (χ4n) is 3.59. The van der Waals surface area contributed by atoms with E-state index in [4.69, 9.17) is 4.74 Å². The summed E-state index contributed by atoms with van der Waals surface area (Å²) in [7, 11) is -5.13. The van der Waals surface area contributed by atoms with Crippen molar-refractivity contribution in [1.29, 1.82) is 0 Å². The second-order valence-corrected chi connectivity index (χ2v) is 9.88. The number of esters is 1. The Kier molecular flexibility index (Phi) is 35.2. The van der Waals surface area contributed by atoms with Crippen LogP contribution in [-0.2, 0) is 28.2 Å². The summed E-state index contributed by atoms with van der Waals surface area (Å²) in [5.41, 5.74) is 0. The maximum Gasteiger partial charge on any atom is 1.00 e. The molecule has 0 aliphatic heterocycles. The number of unbranched alkanes of at least 4 members (excludes halogenated alkanes) is 13. The summed E-state index contributed by atoms with van der Waals surface area (Å²) in [6, 6.07) is 0. The Hall–Kier alpha value is 1.01. The van der Waals surface area contributed by atoms with Crippen molar-refractivity contribution >= 4 is 20.3 Å². The van der Waals surface area contributed by atoms with Crippen molar-refractivity contribution in [2.24, 2.45) is 0 Å². The second kappa shape index (κ2) is 30.6. The van der Waals surface area contributed by atoms with Crippen LogP contribution in [0, 0.1) is 0 Å². The topological polar surface area (TPSA) is 137 Å². The normalized spacial score (nSPS) is 11.8. The third-order valence-corrected chi connectivity index (χ3v) is 5.97. The molecule has 0 aromatic carbocycles. The molecule has 0 aliphatic carbocycles. The van der Waals surface area contributed by atoms with Crippen molar-refractivity contribution in [2.75, 3.05) is 26.3 Å². The summed E-state index contributed by atoms with van der Waals surface area (Å²) in [6.45, 7) is 3.52. The number of phosphoric ester groups is 1. The van der Waals surface area contributed by atoms with Gasteiger partial charge < -0.3 is 33.7 Å². The number of carbonyl (C=O) groups excluding carboxylic acids is 2. The third-order valence-electron chi connectivity index (χ3n) is 5.51. The predicted octanol–water partition coefficient (Wildman–Crippen LogP) is -2.22. The average Bonchev–Trinajstić information content (AvgIpc) is 2.79. The molecule has 0 aliphatic rings. The number of hydrogen-bond donors (Lipinski definition) is 1.